The Balaban J connectivity index is 2.14. The predicted molar refractivity (Wildman–Crippen MR) is 63.1 cm³/mol. The quantitative estimate of drug-likeness (QED) is 0.867. The molecule has 0 amide bonds. The van der Waals surface area contributed by atoms with Crippen LogP contribution in [0.5, 0.6) is 0 Å². The summed E-state index contributed by atoms with van der Waals surface area (Å²) in [4.78, 5) is 3.78. The average Bonchev–Trinajstić information content (AvgIpc) is 2.39. The lowest BCUT2D eigenvalue weighted by molar-refractivity contribution is 0.578. The van der Waals surface area contributed by atoms with E-state index in [1.807, 2.05) is 0 Å². The lowest BCUT2D eigenvalue weighted by Crippen LogP contribution is -2.08. The van der Waals surface area contributed by atoms with E-state index in [9.17, 15) is 8.78 Å². The van der Waals surface area contributed by atoms with Crippen LogP contribution in [0.25, 0.3) is 0 Å². The Kier molecular flexibility index (Phi) is 3.61. The molecule has 5 nitrogen and oxygen atoms in total. The van der Waals surface area contributed by atoms with Gasteiger partial charge in [-0.15, -0.1) is 0 Å². The molecule has 94 valence electrons. The third kappa shape index (κ3) is 2.68. The van der Waals surface area contributed by atoms with Crippen molar-refractivity contribution in [3.63, 3.8) is 0 Å². The normalized spacial score (nSPS) is 10.2. The SMILES string of the molecule is CNc1nc(NCc2cccnn2)c(F)cc1F. The van der Waals surface area contributed by atoms with Gasteiger partial charge in [0.25, 0.3) is 0 Å². The van der Waals surface area contributed by atoms with E-state index >= 15 is 0 Å². The molecule has 2 heterocycles. The fourth-order valence-electron chi connectivity index (χ4n) is 1.37. The number of nitrogens with zero attached hydrogens (tertiary/aromatic N) is 3. The summed E-state index contributed by atoms with van der Waals surface area (Å²) in [6, 6.07) is 4.23. The topological polar surface area (TPSA) is 62.7 Å². The molecule has 0 aliphatic carbocycles. The van der Waals surface area contributed by atoms with Gasteiger partial charge in [-0.3, -0.25) is 0 Å². The molecule has 2 N–H and O–H groups in total. The zero-order chi connectivity index (χ0) is 13.0. The molecule has 2 aromatic rings. The molecule has 18 heavy (non-hydrogen) atoms. The summed E-state index contributed by atoms with van der Waals surface area (Å²) < 4.78 is 26.6. The van der Waals surface area contributed by atoms with Crippen molar-refractivity contribution in [2.75, 3.05) is 17.7 Å². The van der Waals surface area contributed by atoms with E-state index in [4.69, 9.17) is 0 Å². The number of hydrogen-bond donors (Lipinski definition) is 2. The van der Waals surface area contributed by atoms with Crippen LogP contribution in [-0.2, 0) is 6.54 Å². The van der Waals surface area contributed by atoms with Gasteiger partial charge in [-0.05, 0) is 12.1 Å². The summed E-state index contributed by atoms with van der Waals surface area (Å²) in [6.07, 6.45) is 1.54. The van der Waals surface area contributed by atoms with Crippen molar-refractivity contribution in [3.8, 4) is 0 Å². The number of anilines is 2. The molecule has 0 aliphatic rings. The first-order valence-corrected chi connectivity index (χ1v) is 5.25. The van der Waals surface area contributed by atoms with Gasteiger partial charge in [0.1, 0.15) is 0 Å². The number of halogens is 2. The van der Waals surface area contributed by atoms with Crippen molar-refractivity contribution in [1.82, 2.24) is 15.2 Å². The van der Waals surface area contributed by atoms with Crippen molar-refractivity contribution < 1.29 is 8.78 Å². The Bertz CT molecular complexity index is 532. The minimum absolute atomic E-state index is 0.0157. The van der Waals surface area contributed by atoms with Gasteiger partial charge in [-0.25, -0.2) is 13.8 Å². The second-order valence-corrected chi connectivity index (χ2v) is 3.47. The van der Waals surface area contributed by atoms with Gasteiger partial charge in [-0.2, -0.15) is 10.2 Å². The van der Waals surface area contributed by atoms with Gasteiger partial charge in [0.2, 0.25) is 0 Å². The highest BCUT2D eigenvalue weighted by molar-refractivity contribution is 5.47. The largest absolute Gasteiger partial charge is 0.371 e. The Labute approximate surface area is 102 Å². The second kappa shape index (κ2) is 5.35. The van der Waals surface area contributed by atoms with E-state index < -0.39 is 11.6 Å². The van der Waals surface area contributed by atoms with Crippen LogP contribution in [0, 0.1) is 11.6 Å². The van der Waals surface area contributed by atoms with Crippen LogP contribution >= 0.6 is 0 Å². The summed E-state index contributed by atoms with van der Waals surface area (Å²) in [7, 11) is 1.51. The van der Waals surface area contributed by atoms with E-state index in [-0.39, 0.29) is 18.2 Å². The molecule has 0 radical (unpaired) electrons. The van der Waals surface area contributed by atoms with E-state index in [0.717, 1.165) is 6.07 Å². The maximum atomic E-state index is 13.4. The molecule has 2 aromatic heterocycles. The van der Waals surface area contributed by atoms with Crippen molar-refractivity contribution in [1.29, 1.82) is 0 Å². The molecule has 0 aliphatic heterocycles. The molecule has 0 bridgehead atoms. The van der Waals surface area contributed by atoms with E-state index in [1.54, 1.807) is 18.3 Å². The molecule has 0 spiro atoms. The second-order valence-electron chi connectivity index (χ2n) is 3.47. The van der Waals surface area contributed by atoms with Gasteiger partial charge in [0.15, 0.2) is 23.3 Å². The van der Waals surface area contributed by atoms with E-state index in [2.05, 4.69) is 25.8 Å². The first-order valence-electron chi connectivity index (χ1n) is 5.25. The van der Waals surface area contributed by atoms with Gasteiger partial charge in [0, 0.05) is 19.3 Å². The molecule has 2 rings (SSSR count). The average molecular weight is 251 g/mol. The predicted octanol–water partition coefficient (Wildman–Crippen LogP) is 1.80. The first kappa shape index (κ1) is 12.2. The van der Waals surface area contributed by atoms with Crippen LogP contribution < -0.4 is 10.6 Å². The highest BCUT2D eigenvalue weighted by atomic mass is 19.1. The lowest BCUT2D eigenvalue weighted by Gasteiger charge is -2.08. The van der Waals surface area contributed by atoms with E-state index in [0.29, 0.717) is 5.69 Å². The standard InChI is InChI=1S/C11H11F2N5/c1-14-10-8(12)5-9(13)11(17-10)15-6-7-3-2-4-16-18-7/h2-5H,6H2,1H3,(H2,14,15,17). The van der Waals surface area contributed by atoms with Crippen LogP contribution in [0.4, 0.5) is 20.4 Å². The summed E-state index contributed by atoms with van der Waals surface area (Å²) in [6.45, 7) is 0.256. The number of pyridine rings is 1. The van der Waals surface area contributed by atoms with E-state index in [1.165, 1.54) is 7.05 Å². The third-order valence-electron chi connectivity index (χ3n) is 2.23. The highest BCUT2D eigenvalue weighted by Gasteiger charge is 2.10. The number of hydrogen-bond acceptors (Lipinski definition) is 5. The maximum absolute atomic E-state index is 13.4. The Hall–Kier alpha value is -2.31. The van der Waals surface area contributed by atoms with Crippen LogP contribution in [0.1, 0.15) is 5.69 Å². The van der Waals surface area contributed by atoms with Crippen molar-refractivity contribution in [2.24, 2.45) is 0 Å². The number of aromatic nitrogens is 3. The van der Waals surface area contributed by atoms with Crippen LogP contribution in [-0.4, -0.2) is 22.2 Å². The molecule has 0 unspecified atom stereocenters. The van der Waals surface area contributed by atoms with Gasteiger partial charge < -0.3 is 10.6 Å². The molecule has 0 fully saturated rings. The zero-order valence-electron chi connectivity index (χ0n) is 9.61. The van der Waals surface area contributed by atoms with Crippen molar-refractivity contribution in [3.05, 3.63) is 41.7 Å². The van der Waals surface area contributed by atoms with Gasteiger partial charge in [-0.1, -0.05) is 0 Å². The molecule has 0 saturated heterocycles. The maximum Gasteiger partial charge on any atom is 0.168 e. The number of rotatable bonds is 4. The Morgan fingerprint density at radius 1 is 1.22 bits per heavy atom. The molecular formula is C11H11F2N5. The van der Waals surface area contributed by atoms with Crippen molar-refractivity contribution >= 4 is 11.6 Å². The summed E-state index contributed by atoms with van der Waals surface area (Å²) in [5, 5.41) is 12.8. The third-order valence-corrected chi connectivity index (χ3v) is 2.23. The number of nitrogens with one attached hydrogen (secondary N) is 2. The first-order chi connectivity index (χ1) is 8.70. The monoisotopic (exact) mass is 251 g/mol. The summed E-state index contributed by atoms with van der Waals surface area (Å²) in [5.41, 5.74) is 0.633. The summed E-state index contributed by atoms with van der Waals surface area (Å²) in [5.74, 6) is -1.54. The zero-order valence-corrected chi connectivity index (χ0v) is 9.61. The van der Waals surface area contributed by atoms with Crippen LogP contribution in [0.2, 0.25) is 0 Å². The van der Waals surface area contributed by atoms with Crippen molar-refractivity contribution in [2.45, 2.75) is 6.54 Å². The summed E-state index contributed by atoms with van der Waals surface area (Å²) >= 11 is 0. The Morgan fingerprint density at radius 2 is 2.00 bits per heavy atom. The minimum atomic E-state index is -0.754. The minimum Gasteiger partial charge on any atom is -0.371 e. The van der Waals surface area contributed by atoms with Gasteiger partial charge in [0.05, 0.1) is 12.2 Å². The smallest absolute Gasteiger partial charge is 0.168 e. The lowest BCUT2D eigenvalue weighted by atomic mass is 10.3. The van der Waals surface area contributed by atoms with Gasteiger partial charge >= 0.3 is 0 Å². The highest BCUT2D eigenvalue weighted by Crippen LogP contribution is 2.18. The molecule has 7 heteroatoms. The Morgan fingerprint density at radius 3 is 2.67 bits per heavy atom. The molecule has 0 saturated carbocycles. The van der Waals surface area contributed by atoms with Crippen LogP contribution in [0.3, 0.4) is 0 Å². The fraction of sp³-hybridized carbons (Fsp3) is 0.182. The van der Waals surface area contributed by atoms with Crippen LogP contribution in [0.15, 0.2) is 24.4 Å². The molecule has 0 atom stereocenters. The molecule has 0 aromatic carbocycles. The fourth-order valence-corrected chi connectivity index (χ4v) is 1.37. The molecular weight excluding hydrogens is 240 g/mol.